The van der Waals surface area contributed by atoms with Gasteiger partial charge in [0.25, 0.3) is 0 Å². The molecule has 1 atom stereocenters. The number of rotatable bonds is 5. The molecule has 3 nitrogen and oxygen atoms in total. The third-order valence-electron chi connectivity index (χ3n) is 1.47. The molecule has 1 unspecified atom stereocenters. The smallest absolute Gasteiger partial charge is 0.447 e. The minimum atomic E-state index is -4.60. The van der Waals surface area contributed by atoms with Crippen LogP contribution >= 0.6 is 0 Å². The van der Waals surface area contributed by atoms with Crippen molar-refractivity contribution in [2.24, 2.45) is 0 Å². The molecule has 0 heterocycles. The zero-order chi connectivity index (χ0) is 13.7. The molecular weight excluding hydrogens is 251 g/mol. The maximum atomic E-state index is 12.7. The van der Waals surface area contributed by atoms with Crippen LogP contribution in [0, 0.1) is 11.3 Å². The van der Waals surface area contributed by atoms with E-state index in [-0.39, 0.29) is 6.61 Å². The Bertz CT molecular complexity index is 315. The number of alkyl halides is 3. The van der Waals surface area contributed by atoms with Gasteiger partial charge in [-0.2, -0.15) is 18.4 Å². The summed E-state index contributed by atoms with van der Waals surface area (Å²) >= 11 is 0. The zero-order valence-corrected chi connectivity index (χ0v) is 11.3. The molecule has 0 radical (unpaired) electrons. The fourth-order valence-corrected chi connectivity index (χ4v) is 1.80. The molecule has 7 heteroatoms. The zero-order valence-electron chi connectivity index (χ0n) is 10.3. The number of hydrogen-bond acceptors (Lipinski definition) is 3. The molecule has 98 valence electrons. The molecule has 0 N–H and O–H groups in total. The van der Waals surface area contributed by atoms with E-state index in [4.69, 9.17) is 14.4 Å². The first kappa shape index (κ1) is 16.0. The summed E-state index contributed by atoms with van der Waals surface area (Å²) in [6.07, 6.45) is -5.17. The highest BCUT2D eigenvalue weighted by Crippen LogP contribution is 2.29. The summed E-state index contributed by atoms with van der Waals surface area (Å²) < 4.78 is 47.7. The highest BCUT2D eigenvalue weighted by molar-refractivity contribution is 6.70. The summed E-state index contributed by atoms with van der Waals surface area (Å²) in [5.41, 5.74) is 0. The predicted molar refractivity (Wildman–Crippen MR) is 59.6 cm³/mol. The van der Waals surface area contributed by atoms with Crippen molar-refractivity contribution >= 4 is 8.32 Å². The van der Waals surface area contributed by atoms with Gasteiger partial charge in [0.2, 0.25) is 8.32 Å². The van der Waals surface area contributed by atoms with Gasteiger partial charge >= 0.3 is 6.18 Å². The van der Waals surface area contributed by atoms with Crippen molar-refractivity contribution in [3.8, 4) is 6.07 Å². The van der Waals surface area contributed by atoms with Crippen LogP contribution in [0.1, 0.15) is 6.92 Å². The van der Waals surface area contributed by atoms with Crippen LogP contribution in [0.5, 0.6) is 0 Å². The highest BCUT2D eigenvalue weighted by atomic mass is 28.4. The van der Waals surface area contributed by atoms with Crippen LogP contribution in [0.2, 0.25) is 19.6 Å². The molecule has 0 aliphatic heterocycles. The number of allylic oxidation sites excluding steroid dienone is 1. The summed E-state index contributed by atoms with van der Waals surface area (Å²) in [5, 5.41) is 8.64. The average molecular weight is 267 g/mol. The molecule has 17 heavy (non-hydrogen) atoms. The Morgan fingerprint density at radius 1 is 1.41 bits per heavy atom. The number of nitriles is 1. The number of nitrogens with zero attached hydrogens (tertiary/aromatic N) is 1. The van der Waals surface area contributed by atoms with Gasteiger partial charge in [0, 0.05) is 12.7 Å². The minimum absolute atomic E-state index is 0.160. The van der Waals surface area contributed by atoms with Gasteiger partial charge in [-0.25, -0.2) is 0 Å². The van der Waals surface area contributed by atoms with Crippen LogP contribution in [0.25, 0.3) is 0 Å². The van der Waals surface area contributed by atoms with E-state index in [9.17, 15) is 13.2 Å². The molecule has 0 aliphatic rings. The second-order valence-corrected chi connectivity index (χ2v) is 8.68. The molecule has 0 aliphatic carbocycles. The quantitative estimate of drug-likeness (QED) is 0.567. The van der Waals surface area contributed by atoms with E-state index in [1.807, 2.05) is 0 Å². The van der Waals surface area contributed by atoms with Gasteiger partial charge in [0.15, 0.2) is 11.9 Å². The van der Waals surface area contributed by atoms with Crippen LogP contribution in [-0.4, -0.2) is 27.2 Å². The lowest BCUT2D eigenvalue weighted by molar-refractivity contribution is -0.118. The Balaban J connectivity index is 5.05. The minimum Gasteiger partial charge on any atom is -0.541 e. The molecule has 0 amide bonds. The fourth-order valence-electron chi connectivity index (χ4n) is 0.956. The van der Waals surface area contributed by atoms with E-state index in [0.29, 0.717) is 6.08 Å². The first-order valence-electron chi connectivity index (χ1n) is 5.09. The Kier molecular flexibility index (Phi) is 5.71. The summed E-state index contributed by atoms with van der Waals surface area (Å²) in [6.45, 7) is 6.66. The summed E-state index contributed by atoms with van der Waals surface area (Å²) in [7, 11) is -2.39. The maximum absolute atomic E-state index is 12.7. The van der Waals surface area contributed by atoms with Gasteiger partial charge in [-0.3, -0.25) is 0 Å². The highest BCUT2D eigenvalue weighted by Gasteiger charge is 2.39. The van der Waals surface area contributed by atoms with E-state index in [2.05, 4.69) is 0 Å². The average Bonchev–Trinajstić information content (AvgIpc) is 2.12. The van der Waals surface area contributed by atoms with Crippen LogP contribution in [-0.2, 0) is 9.16 Å². The second kappa shape index (κ2) is 6.07. The van der Waals surface area contributed by atoms with E-state index < -0.39 is 26.4 Å². The van der Waals surface area contributed by atoms with Crippen molar-refractivity contribution in [2.45, 2.75) is 38.8 Å². The molecule has 0 rings (SSSR count). The Hall–Kier alpha value is -1.00. The van der Waals surface area contributed by atoms with Gasteiger partial charge in [-0.15, -0.1) is 0 Å². The van der Waals surface area contributed by atoms with Gasteiger partial charge in [0.1, 0.15) is 0 Å². The molecular formula is C10H16F3NO2Si. The lowest BCUT2D eigenvalue weighted by Crippen LogP contribution is -2.31. The number of halogens is 3. The Morgan fingerprint density at radius 2 is 1.94 bits per heavy atom. The third-order valence-corrected chi connectivity index (χ3v) is 2.30. The van der Waals surface area contributed by atoms with Crippen LogP contribution in [0.4, 0.5) is 13.2 Å². The normalized spacial score (nSPS) is 15.3. The lowest BCUT2D eigenvalue weighted by atomic mass is 10.3. The maximum Gasteiger partial charge on any atom is 0.447 e. The van der Waals surface area contributed by atoms with Crippen molar-refractivity contribution in [1.29, 1.82) is 5.26 Å². The standard InChI is InChI=1S/C10H16F3NO2Si/c1-5-15-8(7-14)6-9(10(11,12)13)16-17(2,3)4/h6,8H,5H2,1-4H3/b9-6+. The second-order valence-electron chi connectivity index (χ2n) is 4.25. The molecule has 0 aromatic rings. The van der Waals surface area contributed by atoms with Gasteiger partial charge in [0.05, 0.1) is 6.07 Å². The largest absolute Gasteiger partial charge is 0.541 e. The molecule has 0 saturated heterocycles. The van der Waals surface area contributed by atoms with Crippen molar-refractivity contribution in [1.82, 2.24) is 0 Å². The van der Waals surface area contributed by atoms with Gasteiger partial charge < -0.3 is 9.16 Å². The van der Waals surface area contributed by atoms with Crippen molar-refractivity contribution in [3.05, 3.63) is 11.8 Å². The van der Waals surface area contributed by atoms with Crippen LogP contribution in [0.15, 0.2) is 11.8 Å². The predicted octanol–water partition coefficient (Wildman–Crippen LogP) is 3.21. The van der Waals surface area contributed by atoms with Gasteiger partial charge in [-0.05, 0) is 26.6 Å². The number of hydrogen-bond donors (Lipinski definition) is 0. The van der Waals surface area contributed by atoms with Crippen molar-refractivity contribution in [3.63, 3.8) is 0 Å². The third kappa shape index (κ3) is 7.02. The molecule has 0 bridgehead atoms. The summed E-state index contributed by atoms with van der Waals surface area (Å²) in [4.78, 5) is 0. The number of ether oxygens (including phenoxy) is 1. The lowest BCUT2D eigenvalue weighted by Gasteiger charge is -2.23. The monoisotopic (exact) mass is 267 g/mol. The van der Waals surface area contributed by atoms with Gasteiger partial charge in [-0.1, -0.05) is 0 Å². The first-order chi connectivity index (χ1) is 7.60. The van der Waals surface area contributed by atoms with Crippen molar-refractivity contribution < 1.29 is 22.3 Å². The van der Waals surface area contributed by atoms with E-state index in [0.717, 1.165) is 0 Å². The first-order valence-corrected chi connectivity index (χ1v) is 8.50. The molecule has 0 spiro atoms. The van der Waals surface area contributed by atoms with Crippen LogP contribution in [0.3, 0.4) is 0 Å². The molecule has 0 fully saturated rings. The van der Waals surface area contributed by atoms with E-state index in [1.54, 1.807) is 32.6 Å². The SMILES string of the molecule is CCOC(C#N)/C=C(/O[Si](C)(C)C)C(F)(F)F. The summed E-state index contributed by atoms with van der Waals surface area (Å²) in [5.74, 6) is -1.14. The van der Waals surface area contributed by atoms with E-state index >= 15 is 0 Å². The molecule has 0 aromatic heterocycles. The van der Waals surface area contributed by atoms with Crippen molar-refractivity contribution in [2.75, 3.05) is 6.61 Å². The molecule has 0 aromatic carbocycles. The topological polar surface area (TPSA) is 42.2 Å². The van der Waals surface area contributed by atoms with E-state index in [1.165, 1.54) is 0 Å². The molecule has 0 saturated carbocycles. The summed E-state index contributed by atoms with van der Waals surface area (Å²) in [6, 6.07) is 1.63. The Labute approximate surface area is 100.0 Å². The van der Waals surface area contributed by atoms with Crippen LogP contribution < -0.4 is 0 Å². The fraction of sp³-hybridized carbons (Fsp3) is 0.700. The Morgan fingerprint density at radius 3 is 2.24 bits per heavy atom.